The molecule has 2 N–H and O–H groups in total. The van der Waals surface area contributed by atoms with Crippen LogP contribution in [-0.4, -0.2) is 29.2 Å². The lowest BCUT2D eigenvalue weighted by atomic mass is 10.1. The smallest absolute Gasteiger partial charge is 0.270 e. The van der Waals surface area contributed by atoms with Gasteiger partial charge in [-0.2, -0.15) is 4.98 Å². The third kappa shape index (κ3) is 2.08. The lowest BCUT2D eigenvalue weighted by Crippen LogP contribution is -2.10. The molecule has 2 aromatic rings. The van der Waals surface area contributed by atoms with Crippen molar-refractivity contribution in [2.24, 2.45) is 0 Å². The Morgan fingerprint density at radius 3 is 2.72 bits per heavy atom. The summed E-state index contributed by atoms with van der Waals surface area (Å²) in [6.07, 6.45) is 0. The van der Waals surface area contributed by atoms with Gasteiger partial charge in [-0.05, 0) is 11.2 Å². The van der Waals surface area contributed by atoms with Crippen LogP contribution in [0.15, 0.2) is 22.7 Å². The SMILES string of the molecule is CN(C)c1noc(-c2cc([N+](=O)[O-])ccc2N)n1. The third-order valence-corrected chi connectivity index (χ3v) is 2.29. The number of nitro benzene ring substituents is 1. The Hall–Kier alpha value is -2.64. The second-order valence-corrected chi connectivity index (χ2v) is 3.82. The molecule has 0 atom stereocenters. The summed E-state index contributed by atoms with van der Waals surface area (Å²) in [5, 5.41) is 14.4. The Morgan fingerprint density at radius 2 is 2.17 bits per heavy atom. The summed E-state index contributed by atoms with van der Waals surface area (Å²) in [5.41, 5.74) is 6.36. The fourth-order valence-electron chi connectivity index (χ4n) is 1.35. The quantitative estimate of drug-likeness (QED) is 0.495. The van der Waals surface area contributed by atoms with Crippen LogP contribution in [-0.2, 0) is 0 Å². The zero-order valence-electron chi connectivity index (χ0n) is 9.82. The number of benzene rings is 1. The molecule has 8 nitrogen and oxygen atoms in total. The van der Waals surface area contributed by atoms with Crippen LogP contribution in [0.3, 0.4) is 0 Å². The molecule has 0 saturated carbocycles. The predicted molar refractivity (Wildman–Crippen MR) is 65.1 cm³/mol. The summed E-state index contributed by atoms with van der Waals surface area (Å²) in [6.45, 7) is 0. The highest BCUT2D eigenvalue weighted by atomic mass is 16.6. The van der Waals surface area contributed by atoms with E-state index in [1.54, 1.807) is 19.0 Å². The summed E-state index contributed by atoms with van der Waals surface area (Å²) in [6, 6.07) is 4.07. The predicted octanol–water partition coefficient (Wildman–Crippen LogP) is 1.29. The van der Waals surface area contributed by atoms with Crippen LogP contribution in [0.2, 0.25) is 0 Å². The van der Waals surface area contributed by atoms with Gasteiger partial charge in [0.2, 0.25) is 0 Å². The Balaban J connectivity index is 2.48. The molecule has 1 aromatic carbocycles. The zero-order valence-corrected chi connectivity index (χ0v) is 9.82. The van der Waals surface area contributed by atoms with Gasteiger partial charge in [-0.25, -0.2) is 0 Å². The Bertz CT molecular complexity index is 593. The number of nitrogen functional groups attached to an aromatic ring is 1. The highest BCUT2D eigenvalue weighted by Gasteiger charge is 2.16. The highest BCUT2D eigenvalue weighted by Crippen LogP contribution is 2.29. The van der Waals surface area contributed by atoms with Crippen molar-refractivity contribution in [3.05, 3.63) is 28.3 Å². The number of non-ortho nitro benzene ring substituents is 1. The van der Waals surface area contributed by atoms with Crippen LogP contribution < -0.4 is 10.6 Å². The van der Waals surface area contributed by atoms with Crippen molar-refractivity contribution in [1.82, 2.24) is 10.1 Å². The third-order valence-electron chi connectivity index (χ3n) is 2.29. The molecule has 0 aliphatic rings. The molecule has 18 heavy (non-hydrogen) atoms. The number of anilines is 2. The molecule has 0 aliphatic heterocycles. The fraction of sp³-hybridized carbons (Fsp3) is 0.200. The zero-order chi connectivity index (χ0) is 13.3. The van der Waals surface area contributed by atoms with Gasteiger partial charge in [-0.3, -0.25) is 10.1 Å². The molecule has 0 radical (unpaired) electrons. The van der Waals surface area contributed by atoms with Crippen LogP contribution in [0, 0.1) is 10.1 Å². The molecule has 0 spiro atoms. The van der Waals surface area contributed by atoms with E-state index in [-0.39, 0.29) is 11.6 Å². The first-order chi connectivity index (χ1) is 8.49. The van der Waals surface area contributed by atoms with Crippen molar-refractivity contribution < 1.29 is 9.45 Å². The molecule has 0 bridgehead atoms. The van der Waals surface area contributed by atoms with Gasteiger partial charge in [0.1, 0.15) is 0 Å². The molecule has 8 heteroatoms. The van der Waals surface area contributed by atoms with Crippen LogP contribution in [0.25, 0.3) is 11.5 Å². The van der Waals surface area contributed by atoms with Gasteiger partial charge >= 0.3 is 0 Å². The van der Waals surface area contributed by atoms with E-state index in [0.717, 1.165) is 0 Å². The molecule has 94 valence electrons. The van der Waals surface area contributed by atoms with Gasteiger partial charge in [-0.15, -0.1) is 0 Å². The van der Waals surface area contributed by atoms with E-state index in [4.69, 9.17) is 10.3 Å². The Labute approximate surface area is 102 Å². The summed E-state index contributed by atoms with van der Waals surface area (Å²) in [4.78, 5) is 15.9. The molecular formula is C10H11N5O3. The normalized spacial score (nSPS) is 10.3. The van der Waals surface area contributed by atoms with Gasteiger partial charge in [0, 0.05) is 31.9 Å². The van der Waals surface area contributed by atoms with Crippen LogP contribution in [0.5, 0.6) is 0 Å². The maximum Gasteiger partial charge on any atom is 0.270 e. The monoisotopic (exact) mass is 249 g/mol. The van der Waals surface area contributed by atoms with Crippen LogP contribution in [0.1, 0.15) is 0 Å². The van der Waals surface area contributed by atoms with Crippen LogP contribution in [0.4, 0.5) is 17.3 Å². The summed E-state index contributed by atoms with van der Waals surface area (Å²) < 4.78 is 5.02. The second-order valence-electron chi connectivity index (χ2n) is 3.82. The standard InChI is InChI=1S/C10H11N5O3/c1-14(2)10-12-9(18-13-10)7-5-6(15(16)17)3-4-8(7)11/h3-5H,11H2,1-2H3. The molecule has 1 aromatic heterocycles. The molecule has 1 heterocycles. The number of aromatic nitrogens is 2. The molecule has 0 fully saturated rings. The minimum atomic E-state index is -0.508. The second kappa shape index (κ2) is 4.32. The van der Waals surface area contributed by atoms with Crippen molar-refractivity contribution in [2.45, 2.75) is 0 Å². The van der Waals surface area contributed by atoms with Crippen molar-refractivity contribution >= 4 is 17.3 Å². The summed E-state index contributed by atoms with van der Waals surface area (Å²) in [7, 11) is 3.51. The maximum atomic E-state index is 10.7. The van der Waals surface area contributed by atoms with Crippen molar-refractivity contribution in [1.29, 1.82) is 0 Å². The maximum absolute atomic E-state index is 10.7. The minimum absolute atomic E-state index is 0.0798. The molecule has 0 amide bonds. The lowest BCUT2D eigenvalue weighted by Gasteiger charge is -2.03. The first kappa shape index (κ1) is 11.8. The van der Waals surface area contributed by atoms with E-state index in [2.05, 4.69) is 10.1 Å². The van der Waals surface area contributed by atoms with E-state index in [9.17, 15) is 10.1 Å². The largest absolute Gasteiger partial charge is 0.398 e. The average Bonchev–Trinajstić information content (AvgIpc) is 2.78. The molecule has 0 saturated heterocycles. The van der Waals surface area contributed by atoms with E-state index in [1.165, 1.54) is 18.2 Å². The summed E-state index contributed by atoms with van der Waals surface area (Å²) >= 11 is 0. The first-order valence-corrected chi connectivity index (χ1v) is 5.04. The van der Waals surface area contributed by atoms with Crippen molar-refractivity contribution in [2.75, 3.05) is 24.7 Å². The number of nitrogens with zero attached hydrogens (tertiary/aromatic N) is 4. The highest BCUT2D eigenvalue weighted by molar-refractivity contribution is 5.73. The van der Waals surface area contributed by atoms with E-state index >= 15 is 0 Å². The van der Waals surface area contributed by atoms with E-state index < -0.39 is 4.92 Å². The summed E-state index contributed by atoms with van der Waals surface area (Å²) in [5.74, 6) is 0.524. The van der Waals surface area contributed by atoms with Gasteiger partial charge in [0.15, 0.2) is 0 Å². The van der Waals surface area contributed by atoms with Crippen LogP contribution >= 0.6 is 0 Å². The minimum Gasteiger partial charge on any atom is -0.398 e. The molecule has 0 unspecified atom stereocenters. The Kier molecular flexibility index (Phi) is 2.84. The first-order valence-electron chi connectivity index (χ1n) is 5.04. The Morgan fingerprint density at radius 1 is 1.44 bits per heavy atom. The number of hydrogen-bond acceptors (Lipinski definition) is 7. The molecule has 2 rings (SSSR count). The van der Waals surface area contributed by atoms with Gasteiger partial charge < -0.3 is 15.2 Å². The number of nitrogens with two attached hydrogens (primary N) is 1. The van der Waals surface area contributed by atoms with E-state index in [1.807, 2.05) is 0 Å². The number of rotatable bonds is 3. The van der Waals surface area contributed by atoms with Gasteiger partial charge in [0.25, 0.3) is 17.5 Å². The molecular weight excluding hydrogens is 238 g/mol. The lowest BCUT2D eigenvalue weighted by molar-refractivity contribution is -0.384. The van der Waals surface area contributed by atoms with Gasteiger partial charge in [-0.1, -0.05) is 0 Å². The number of hydrogen-bond donors (Lipinski definition) is 1. The van der Waals surface area contributed by atoms with Crippen molar-refractivity contribution in [3.8, 4) is 11.5 Å². The fourth-order valence-corrected chi connectivity index (χ4v) is 1.35. The van der Waals surface area contributed by atoms with Crippen molar-refractivity contribution in [3.63, 3.8) is 0 Å². The van der Waals surface area contributed by atoms with E-state index in [0.29, 0.717) is 17.2 Å². The molecule has 0 aliphatic carbocycles. The topological polar surface area (TPSA) is 111 Å². The number of nitro groups is 1. The van der Waals surface area contributed by atoms with Gasteiger partial charge in [0.05, 0.1) is 10.5 Å². The average molecular weight is 249 g/mol.